The van der Waals surface area contributed by atoms with E-state index in [0.29, 0.717) is 12.1 Å². The Hall–Kier alpha value is -2.62. The number of carbonyl (C=O) groups is 2. The number of hydrogen-bond acceptors (Lipinski definition) is 3. The number of anilines is 1. The van der Waals surface area contributed by atoms with Gasteiger partial charge in [0, 0.05) is 45.4 Å². The second kappa shape index (κ2) is 13.6. The number of amides is 2. The van der Waals surface area contributed by atoms with Crippen molar-refractivity contribution in [2.75, 3.05) is 32.5 Å². The van der Waals surface area contributed by atoms with Crippen molar-refractivity contribution in [1.29, 1.82) is 0 Å². The smallest absolute Gasteiger partial charge is 0.251 e. The van der Waals surface area contributed by atoms with E-state index in [1.807, 2.05) is 42.5 Å². The number of halogens is 1. The maximum absolute atomic E-state index is 11.7. The molecular formula is C22H30IN5O2. The Morgan fingerprint density at radius 2 is 1.57 bits per heavy atom. The maximum Gasteiger partial charge on any atom is 0.251 e. The first-order chi connectivity index (χ1) is 14.0. The van der Waals surface area contributed by atoms with Gasteiger partial charge >= 0.3 is 0 Å². The molecule has 0 heterocycles. The van der Waals surface area contributed by atoms with Crippen molar-refractivity contribution < 1.29 is 9.59 Å². The van der Waals surface area contributed by atoms with Crippen LogP contribution in [0.25, 0.3) is 0 Å². The average molecular weight is 523 g/mol. The third-order valence-electron chi connectivity index (χ3n) is 4.33. The molecule has 0 spiro atoms. The predicted octanol–water partition coefficient (Wildman–Crippen LogP) is 2.57. The first kappa shape index (κ1) is 25.4. The minimum Gasteiger partial charge on any atom is -0.356 e. The Morgan fingerprint density at radius 3 is 2.13 bits per heavy atom. The summed E-state index contributed by atoms with van der Waals surface area (Å²) in [6, 6.07) is 15.4. The van der Waals surface area contributed by atoms with E-state index in [0.717, 1.165) is 36.6 Å². The molecule has 162 valence electrons. The van der Waals surface area contributed by atoms with Crippen molar-refractivity contribution in [3.05, 3.63) is 65.2 Å². The molecule has 0 aliphatic rings. The number of nitrogens with one attached hydrogen (secondary N) is 4. The number of hydrogen-bond donors (Lipinski definition) is 4. The molecular weight excluding hydrogens is 493 g/mol. The van der Waals surface area contributed by atoms with E-state index < -0.39 is 0 Å². The van der Waals surface area contributed by atoms with Gasteiger partial charge in [-0.25, -0.2) is 0 Å². The van der Waals surface area contributed by atoms with Crippen molar-refractivity contribution in [1.82, 2.24) is 16.0 Å². The standard InChI is InChI=1S/C22H29N5O2.HI/c1-16(28)27-20-9-7-17(8-10-20)11-13-25-22(24-3)26-14-12-18-5-4-6-19(15-18)21(29)23-2;/h4-10,15H,11-14H2,1-3H3,(H,23,29)(H,27,28)(H2,24,25,26);1H. The van der Waals surface area contributed by atoms with Crippen LogP contribution in [-0.4, -0.2) is 45.0 Å². The summed E-state index contributed by atoms with van der Waals surface area (Å²) >= 11 is 0. The van der Waals surface area contributed by atoms with Crippen LogP contribution in [0.4, 0.5) is 5.69 Å². The SMILES string of the molecule is CN=C(NCCc1ccc(NC(C)=O)cc1)NCCc1cccc(C(=O)NC)c1.I. The van der Waals surface area contributed by atoms with Crippen LogP contribution in [0.1, 0.15) is 28.4 Å². The number of guanidine groups is 1. The van der Waals surface area contributed by atoms with Crippen LogP contribution in [0.2, 0.25) is 0 Å². The second-order valence-corrected chi connectivity index (χ2v) is 6.58. The monoisotopic (exact) mass is 523 g/mol. The van der Waals surface area contributed by atoms with E-state index in [9.17, 15) is 9.59 Å². The van der Waals surface area contributed by atoms with Gasteiger partial charge in [0.1, 0.15) is 0 Å². The number of aliphatic imine (C=N–C) groups is 1. The van der Waals surface area contributed by atoms with Gasteiger partial charge in [-0.15, -0.1) is 24.0 Å². The topological polar surface area (TPSA) is 94.6 Å². The summed E-state index contributed by atoms with van der Waals surface area (Å²) in [6.45, 7) is 2.95. The van der Waals surface area contributed by atoms with Gasteiger partial charge in [0.05, 0.1) is 0 Å². The lowest BCUT2D eigenvalue weighted by Gasteiger charge is -2.12. The molecule has 0 aliphatic carbocycles. The van der Waals surface area contributed by atoms with Gasteiger partial charge < -0.3 is 21.3 Å². The third-order valence-corrected chi connectivity index (χ3v) is 4.33. The highest BCUT2D eigenvalue weighted by Gasteiger charge is 2.04. The summed E-state index contributed by atoms with van der Waals surface area (Å²) in [5, 5.41) is 12.0. The summed E-state index contributed by atoms with van der Waals surface area (Å²) in [5.41, 5.74) is 3.73. The molecule has 2 aromatic carbocycles. The lowest BCUT2D eigenvalue weighted by molar-refractivity contribution is -0.114. The Bertz CT molecular complexity index is 853. The Balaban J connectivity index is 0.00000450. The molecule has 2 amide bonds. The highest BCUT2D eigenvalue weighted by molar-refractivity contribution is 14.0. The molecule has 0 fully saturated rings. The van der Waals surface area contributed by atoms with E-state index in [-0.39, 0.29) is 35.8 Å². The highest BCUT2D eigenvalue weighted by atomic mass is 127. The molecule has 0 radical (unpaired) electrons. The van der Waals surface area contributed by atoms with E-state index in [2.05, 4.69) is 26.3 Å². The largest absolute Gasteiger partial charge is 0.356 e. The first-order valence-corrected chi connectivity index (χ1v) is 9.64. The third kappa shape index (κ3) is 8.81. The molecule has 0 saturated heterocycles. The molecule has 0 atom stereocenters. The van der Waals surface area contributed by atoms with E-state index in [1.165, 1.54) is 12.5 Å². The summed E-state index contributed by atoms with van der Waals surface area (Å²) < 4.78 is 0. The Kier molecular flexibility index (Phi) is 11.5. The lowest BCUT2D eigenvalue weighted by atomic mass is 10.1. The summed E-state index contributed by atoms with van der Waals surface area (Å²) in [7, 11) is 3.37. The first-order valence-electron chi connectivity index (χ1n) is 9.64. The zero-order valence-electron chi connectivity index (χ0n) is 17.6. The van der Waals surface area contributed by atoms with Gasteiger partial charge in [-0.05, 0) is 48.2 Å². The van der Waals surface area contributed by atoms with Crippen LogP contribution in [0.3, 0.4) is 0 Å². The molecule has 2 rings (SSSR count). The predicted molar refractivity (Wildman–Crippen MR) is 133 cm³/mol. The fraction of sp³-hybridized carbons (Fsp3) is 0.318. The zero-order valence-corrected chi connectivity index (χ0v) is 19.9. The van der Waals surface area contributed by atoms with E-state index in [4.69, 9.17) is 0 Å². The molecule has 4 N–H and O–H groups in total. The van der Waals surface area contributed by atoms with Crippen LogP contribution in [0.15, 0.2) is 53.5 Å². The fourth-order valence-electron chi connectivity index (χ4n) is 2.84. The van der Waals surface area contributed by atoms with Gasteiger partial charge in [0.25, 0.3) is 5.91 Å². The average Bonchev–Trinajstić information content (AvgIpc) is 2.73. The normalized spacial score (nSPS) is 10.6. The fourth-order valence-corrected chi connectivity index (χ4v) is 2.84. The summed E-state index contributed by atoms with van der Waals surface area (Å²) in [6.07, 6.45) is 1.63. The summed E-state index contributed by atoms with van der Waals surface area (Å²) in [4.78, 5) is 27.0. The van der Waals surface area contributed by atoms with Gasteiger partial charge in [0.15, 0.2) is 5.96 Å². The van der Waals surface area contributed by atoms with Gasteiger partial charge in [-0.3, -0.25) is 14.6 Å². The number of rotatable bonds is 8. The van der Waals surface area contributed by atoms with Crippen LogP contribution in [0, 0.1) is 0 Å². The molecule has 0 aliphatic heterocycles. The molecule has 8 heteroatoms. The number of nitrogens with zero attached hydrogens (tertiary/aromatic N) is 1. The van der Waals surface area contributed by atoms with Crippen molar-refractivity contribution in [2.24, 2.45) is 4.99 Å². The Labute approximate surface area is 195 Å². The van der Waals surface area contributed by atoms with Gasteiger partial charge in [0.2, 0.25) is 5.91 Å². The molecule has 0 unspecified atom stereocenters. The minimum atomic E-state index is -0.0811. The van der Waals surface area contributed by atoms with Crippen molar-refractivity contribution in [3.63, 3.8) is 0 Å². The van der Waals surface area contributed by atoms with E-state index >= 15 is 0 Å². The van der Waals surface area contributed by atoms with E-state index in [1.54, 1.807) is 20.2 Å². The molecule has 0 bridgehead atoms. The van der Waals surface area contributed by atoms with Crippen molar-refractivity contribution in [2.45, 2.75) is 19.8 Å². The minimum absolute atomic E-state index is 0. The molecule has 30 heavy (non-hydrogen) atoms. The van der Waals surface area contributed by atoms with Gasteiger partial charge in [-0.2, -0.15) is 0 Å². The van der Waals surface area contributed by atoms with Crippen molar-refractivity contribution >= 4 is 47.4 Å². The zero-order chi connectivity index (χ0) is 21.1. The lowest BCUT2D eigenvalue weighted by Crippen LogP contribution is -2.39. The molecule has 0 saturated carbocycles. The maximum atomic E-state index is 11.7. The number of benzene rings is 2. The van der Waals surface area contributed by atoms with Crippen LogP contribution >= 0.6 is 24.0 Å². The van der Waals surface area contributed by atoms with Gasteiger partial charge in [-0.1, -0.05) is 24.3 Å². The quantitative estimate of drug-likeness (QED) is 0.243. The second-order valence-electron chi connectivity index (χ2n) is 6.58. The van der Waals surface area contributed by atoms with Crippen LogP contribution in [-0.2, 0) is 17.6 Å². The summed E-state index contributed by atoms with van der Waals surface area (Å²) in [5.74, 6) is 0.583. The number of carbonyl (C=O) groups excluding carboxylic acids is 2. The van der Waals surface area contributed by atoms with Crippen LogP contribution in [0.5, 0.6) is 0 Å². The highest BCUT2D eigenvalue weighted by Crippen LogP contribution is 2.09. The molecule has 7 nitrogen and oxygen atoms in total. The molecule has 0 aromatic heterocycles. The Morgan fingerprint density at radius 1 is 0.933 bits per heavy atom. The van der Waals surface area contributed by atoms with Crippen molar-refractivity contribution in [3.8, 4) is 0 Å². The van der Waals surface area contributed by atoms with Crippen LogP contribution < -0.4 is 21.3 Å². The molecule has 2 aromatic rings.